The molecular formula is C17H20N4O. The van der Waals surface area contributed by atoms with E-state index in [1.54, 1.807) is 9.13 Å². The molecule has 22 heavy (non-hydrogen) atoms. The van der Waals surface area contributed by atoms with Crippen molar-refractivity contribution in [2.24, 2.45) is 14.1 Å². The van der Waals surface area contributed by atoms with Crippen molar-refractivity contribution in [1.82, 2.24) is 18.7 Å². The number of aryl methyl sites for hydroxylation is 3. The minimum absolute atomic E-state index is 0.0205. The molecule has 3 aromatic rings. The highest BCUT2D eigenvalue weighted by Gasteiger charge is 2.15. The maximum Gasteiger partial charge on any atom is 0.328 e. The van der Waals surface area contributed by atoms with Crippen molar-refractivity contribution in [2.45, 2.75) is 32.2 Å². The lowest BCUT2D eigenvalue weighted by molar-refractivity contribution is 0.628. The van der Waals surface area contributed by atoms with Gasteiger partial charge in [-0.15, -0.1) is 0 Å². The quantitative estimate of drug-likeness (QED) is 0.726. The van der Waals surface area contributed by atoms with E-state index < -0.39 is 0 Å². The van der Waals surface area contributed by atoms with Gasteiger partial charge in [-0.3, -0.25) is 9.13 Å². The summed E-state index contributed by atoms with van der Waals surface area (Å²) in [6, 6.07) is 6.26. The molecular weight excluding hydrogens is 276 g/mol. The van der Waals surface area contributed by atoms with Crippen LogP contribution in [0.25, 0.3) is 11.0 Å². The van der Waals surface area contributed by atoms with Crippen LogP contribution in [0.4, 0.5) is 0 Å². The van der Waals surface area contributed by atoms with Crippen LogP contribution in [-0.2, 0) is 33.5 Å². The highest BCUT2D eigenvalue weighted by molar-refractivity contribution is 5.76. The number of hydrogen-bond acceptors (Lipinski definition) is 2. The molecule has 0 unspecified atom stereocenters. The van der Waals surface area contributed by atoms with Crippen LogP contribution in [0.1, 0.15) is 29.8 Å². The standard InChI is InChI=1S/C17H20N4O/c1-19-15-8-7-12(9-16(15)20(2)17(19)22)10-21-11-18-13-5-3-4-6-14(13)21/h7-9,11H,3-6,10H2,1-2H3. The fourth-order valence-electron chi connectivity index (χ4n) is 3.51. The van der Waals surface area contributed by atoms with Gasteiger partial charge in [0.1, 0.15) is 0 Å². The normalized spacial score (nSPS) is 14.5. The molecule has 5 heteroatoms. The summed E-state index contributed by atoms with van der Waals surface area (Å²) in [5, 5.41) is 0. The van der Waals surface area contributed by atoms with Crippen molar-refractivity contribution in [3.63, 3.8) is 0 Å². The summed E-state index contributed by atoms with van der Waals surface area (Å²) < 4.78 is 5.66. The third kappa shape index (κ3) is 1.92. The zero-order valence-corrected chi connectivity index (χ0v) is 13.0. The Hall–Kier alpha value is -2.30. The molecule has 0 N–H and O–H groups in total. The Morgan fingerprint density at radius 3 is 2.73 bits per heavy atom. The minimum atomic E-state index is 0.0205. The van der Waals surface area contributed by atoms with Crippen molar-refractivity contribution >= 4 is 11.0 Å². The van der Waals surface area contributed by atoms with Crippen LogP contribution in [0, 0.1) is 0 Å². The summed E-state index contributed by atoms with van der Waals surface area (Å²) in [5.41, 5.74) is 5.84. The van der Waals surface area contributed by atoms with Gasteiger partial charge in [0.15, 0.2) is 0 Å². The first-order valence-corrected chi connectivity index (χ1v) is 7.82. The number of rotatable bonds is 2. The molecule has 0 radical (unpaired) electrons. The fraction of sp³-hybridized carbons (Fsp3) is 0.412. The van der Waals surface area contributed by atoms with Crippen molar-refractivity contribution in [3.8, 4) is 0 Å². The highest BCUT2D eigenvalue weighted by atomic mass is 16.1. The van der Waals surface area contributed by atoms with Crippen molar-refractivity contribution in [1.29, 1.82) is 0 Å². The third-order valence-electron chi connectivity index (χ3n) is 4.80. The predicted molar refractivity (Wildman–Crippen MR) is 86.1 cm³/mol. The van der Waals surface area contributed by atoms with E-state index in [1.807, 2.05) is 26.5 Å². The average Bonchev–Trinajstić information content (AvgIpc) is 3.04. The van der Waals surface area contributed by atoms with Gasteiger partial charge in [-0.2, -0.15) is 0 Å². The SMILES string of the molecule is Cn1c(=O)n(C)c2cc(Cn3cnc4c3CCCC4)ccc21. The molecule has 0 amide bonds. The Bertz CT molecular complexity index is 913. The number of hydrogen-bond donors (Lipinski definition) is 0. The molecule has 2 heterocycles. The number of benzene rings is 1. The van der Waals surface area contributed by atoms with E-state index in [9.17, 15) is 4.79 Å². The van der Waals surface area contributed by atoms with Crippen molar-refractivity contribution in [3.05, 3.63) is 52.0 Å². The summed E-state index contributed by atoms with van der Waals surface area (Å²) in [5.74, 6) is 0. The van der Waals surface area contributed by atoms with Crippen LogP contribution in [0.2, 0.25) is 0 Å². The smallest absolute Gasteiger partial charge is 0.328 e. The van der Waals surface area contributed by atoms with Gasteiger partial charge in [0.25, 0.3) is 0 Å². The summed E-state index contributed by atoms with van der Waals surface area (Å²) in [7, 11) is 3.64. The van der Waals surface area contributed by atoms with Crippen molar-refractivity contribution in [2.75, 3.05) is 0 Å². The molecule has 0 saturated carbocycles. The fourth-order valence-corrected chi connectivity index (χ4v) is 3.51. The van der Waals surface area contributed by atoms with E-state index >= 15 is 0 Å². The first kappa shape index (κ1) is 13.4. The zero-order valence-electron chi connectivity index (χ0n) is 13.0. The van der Waals surface area contributed by atoms with E-state index in [0.29, 0.717) is 0 Å². The second kappa shape index (κ2) is 4.87. The Morgan fingerprint density at radius 2 is 1.86 bits per heavy atom. The number of fused-ring (bicyclic) bond motifs is 2. The number of imidazole rings is 2. The van der Waals surface area contributed by atoms with E-state index in [0.717, 1.165) is 30.4 Å². The molecule has 0 atom stereocenters. The minimum Gasteiger partial charge on any atom is -0.330 e. The van der Waals surface area contributed by atoms with E-state index in [1.165, 1.54) is 29.8 Å². The second-order valence-corrected chi connectivity index (χ2v) is 6.20. The Morgan fingerprint density at radius 1 is 1.09 bits per heavy atom. The van der Waals surface area contributed by atoms with E-state index in [-0.39, 0.29) is 5.69 Å². The van der Waals surface area contributed by atoms with Crippen LogP contribution >= 0.6 is 0 Å². The summed E-state index contributed by atoms with van der Waals surface area (Å²) in [4.78, 5) is 16.6. The molecule has 0 bridgehead atoms. The summed E-state index contributed by atoms with van der Waals surface area (Å²) in [6.45, 7) is 0.821. The molecule has 0 aliphatic heterocycles. The third-order valence-corrected chi connectivity index (χ3v) is 4.80. The molecule has 114 valence electrons. The molecule has 0 spiro atoms. The molecule has 1 aromatic carbocycles. The zero-order chi connectivity index (χ0) is 15.3. The van der Waals surface area contributed by atoms with Crippen LogP contribution in [-0.4, -0.2) is 18.7 Å². The van der Waals surface area contributed by atoms with Gasteiger partial charge in [0, 0.05) is 26.3 Å². The maximum absolute atomic E-state index is 12.0. The van der Waals surface area contributed by atoms with E-state index in [2.05, 4.69) is 21.7 Å². The van der Waals surface area contributed by atoms with E-state index in [4.69, 9.17) is 0 Å². The lowest BCUT2D eigenvalue weighted by Crippen LogP contribution is -2.19. The molecule has 1 aliphatic carbocycles. The molecule has 0 saturated heterocycles. The molecule has 1 aliphatic rings. The lowest BCUT2D eigenvalue weighted by Gasteiger charge is -2.14. The van der Waals surface area contributed by atoms with Gasteiger partial charge in [-0.05, 0) is 43.4 Å². The monoisotopic (exact) mass is 296 g/mol. The van der Waals surface area contributed by atoms with Crippen LogP contribution in [0.3, 0.4) is 0 Å². The van der Waals surface area contributed by atoms with Crippen molar-refractivity contribution < 1.29 is 0 Å². The van der Waals surface area contributed by atoms with Crippen LogP contribution in [0.5, 0.6) is 0 Å². The predicted octanol–water partition coefficient (Wildman–Crippen LogP) is 2.00. The largest absolute Gasteiger partial charge is 0.330 e. The molecule has 5 nitrogen and oxygen atoms in total. The van der Waals surface area contributed by atoms with Gasteiger partial charge in [0.05, 0.1) is 23.1 Å². The molecule has 0 fully saturated rings. The first-order chi connectivity index (χ1) is 10.6. The van der Waals surface area contributed by atoms with Gasteiger partial charge < -0.3 is 4.57 Å². The van der Waals surface area contributed by atoms with Gasteiger partial charge >= 0.3 is 5.69 Å². The Labute approximate surface area is 128 Å². The molecule has 4 rings (SSSR count). The highest BCUT2D eigenvalue weighted by Crippen LogP contribution is 2.21. The second-order valence-electron chi connectivity index (χ2n) is 6.20. The Balaban J connectivity index is 1.74. The molecule has 2 aromatic heterocycles. The lowest BCUT2D eigenvalue weighted by atomic mass is 10.0. The van der Waals surface area contributed by atoms with Crippen LogP contribution < -0.4 is 5.69 Å². The summed E-state index contributed by atoms with van der Waals surface area (Å²) >= 11 is 0. The average molecular weight is 296 g/mol. The number of aromatic nitrogens is 4. The topological polar surface area (TPSA) is 44.8 Å². The van der Waals surface area contributed by atoms with Gasteiger partial charge in [0.2, 0.25) is 0 Å². The van der Waals surface area contributed by atoms with Gasteiger partial charge in [-0.25, -0.2) is 9.78 Å². The first-order valence-electron chi connectivity index (χ1n) is 7.82. The maximum atomic E-state index is 12.0. The Kier molecular flexibility index (Phi) is 2.96. The number of nitrogens with zero attached hydrogens (tertiary/aromatic N) is 4. The summed E-state index contributed by atoms with van der Waals surface area (Å²) in [6.07, 6.45) is 6.70. The van der Waals surface area contributed by atoms with Gasteiger partial charge in [-0.1, -0.05) is 6.07 Å². The van der Waals surface area contributed by atoms with Crippen LogP contribution in [0.15, 0.2) is 29.3 Å².